The van der Waals surface area contributed by atoms with Gasteiger partial charge in [-0.2, -0.15) is 0 Å². The molecule has 0 radical (unpaired) electrons. The smallest absolute Gasteiger partial charge is 0.138 e. The highest BCUT2D eigenvalue weighted by molar-refractivity contribution is 5.85. The molecule has 0 saturated heterocycles. The van der Waals surface area contributed by atoms with Crippen molar-refractivity contribution in [3.8, 4) is 0 Å². The predicted octanol–water partition coefficient (Wildman–Crippen LogP) is 3.24. The number of hydrogen-bond acceptors (Lipinski definition) is 2. The average Bonchev–Trinajstić information content (AvgIpc) is 2.83. The quantitative estimate of drug-likeness (QED) is 0.875. The van der Waals surface area contributed by atoms with Gasteiger partial charge in [0.25, 0.3) is 0 Å². The van der Waals surface area contributed by atoms with E-state index in [-0.39, 0.29) is 11.7 Å². The van der Waals surface area contributed by atoms with Crippen LogP contribution in [0, 0.1) is 5.92 Å². The highest BCUT2D eigenvalue weighted by Gasteiger charge is 2.31. The molecular weight excluding hydrogens is 224 g/mol. The van der Waals surface area contributed by atoms with Crippen LogP contribution < -0.4 is 0 Å². The number of aliphatic hydroxyl groups is 1. The molecule has 1 saturated carbocycles. The average molecular weight is 240 g/mol. The third kappa shape index (κ3) is 1.93. The highest BCUT2D eigenvalue weighted by Crippen LogP contribution is 2.34. The predicted molar refractivity (Wildman–Crippen MR) is 71.3 cm³/mol. The molecule has 2 aromatic carbocycles. The lowest BCUT2D eigenvalue weighted by molar-refractivity contribution is -0.123. The molecule has 2 atom stereocenters. The van der Waals surface area contributed by atoms with E-state index in [9.17, 15) is 9.90 Å². The van der Waals surface area contributed by atoms with Gasteiger partial charge in [0.2, 0.25) is 0 Å². The van der Waals surface area contributed by atoms with Crippen LogP contribution in [-0.4, -0.2) is 10.9 Å². The SMILES string of the molecule is O=C1CCC[C@@H]1[C@@H](O)c1ccc2ccccc2c1. The van der Waals surface area contributed by atoms with Gasteiger partial charge in [-0.1, -0.05) is 36.4 Å². The molecule has 2 heteroatoms. The van der Waals surface area contributed by atoms with E-state index in [4.69, 9.17) is 0 Å². The fraction of sp³-hybridized carbons (Fsp3) is 0.312. The lowest BCUT2D eigenvalue weighted by atomic mass is 9.92. The minimum absolute atomic E-state index is 0.203. The lowest BCUT2D eigenvalue weighted by Crippen LogP contribution is -2.16. The van der Waals surface area contributed by atoms with Crippen molar-refractivity contribution in [2.45, 2.75) is 25.4 Å². The maximum atomic E-state index is 11.7. The molecule has 1 fully saturated rings. The van der Waals surface area contributed by atoms with Gasteiger partial charge in [-0.25, -0.2) is 0 Å². The Balaban J connectivity index is 1.96. The van der Waals surface area contributed by atoms with E-state index in [0.29, 0.717) is 6.42 Å². The Morgan fingerprint density at radius 1 is 1.11 bits per heavy atom. The summed E-state index contributed by atoms with van der Waals surface area (Å²) < 4.78 is 0. The number of Topliss-reactive ketones (excluding diaryl/α,β-unsaturated/α-hetero) is 1. The number of benzene rings is 2. The van der Waals surface area contributed by atoms with Gasteiger partial charge in [-0.15, -0.1) is 0 Å². The summed E-state index contributed by atoms with van der Waals surface area (Å²) in [6.45, 7) is 0. The van der Waals surface area contributed by atoms with Crippen LogP contribution in [0.2, 0.25) is 0 Å². The molecule has 0 amide bonds. The summed E-state index contributed by atoms with van der Waals surface area (Å²) in [5.74, 6) is 0.00169. The molecule has 0 aliphatic heterocycles. The van der Waals surface area contributed by atoms with Crippen molar-refractivity contribution in [2.75, 3.05) is 0 Å². The molecule has 0 spiro atoms. The Bertz CT molecular complexity index is 588. The van der Waals surface area contributed by atoms with Crippen LogP contribution in [0.15, 0.2) is 42.5 Å². The van der Waals surface area contributed by atoms with Crippen LogP contribution in [0.4, 0.5) is 0 Å². The summed E-state index contributed by atoms with van der Waals surface area (Å²) in [6, 6.07) is 14.0. The van der Waals surface area contributed by atoms with Gasteiger partial charge in [0.05, 0.1) is 6.10 Å². The normalized spacial score (nSPS) is 21.4. The lowest BCUT2D eigenvalue weighted by Gasteiger charge is -2.17. The van der Waals surface area contributed by atoms with Gasteiger partial charge in [-0.3, -0.25) is 4.79 Å². The van der Waals surface area contributed by atoms with Crippen molar-refractivity contribution in [3.63, 3.8) is 0 Å². The Morgan fingerprint density at radius 3 is 2.61 bits per heavy atom. The summed E-state index contributed by atoms with van der Waals surface area (Å²) in [6.07, 6.45) is 1.70. The molecule has 1 aliphatic carbocycles. The van der Waals surface area contributed by atoms with Gasteiger partial charge in [-0.05, 0) is 35.2 Å². The number of hydrogen-bond donors (Lipinski definition) is 1. The zero-order chi connectivity index (χ0) is 12.5. The van der Waals surface area contributed by atoms with Crippen molar-refractivity contribution >= 4 is 16.6 Å². The maximum absolute atomic E-state index is 11.7. The summed E-state index contributed by atoms with van der Waals surface area (Å²) in [5.41, 5.74) is 0.856. The van der Waals surface area contributed by atoms with Gasteiger partial charge in [0.1, 0.15) is 5.78 Å². The first kappa shape index (κ1) is 11.4. The highest BCUT2D eigenvalue weighted by atomic mass is 16.3. The first-order chi connectivity index (χ1) is 8.75. The Morgan fingerprint density at radius 2 is 1.89 bits per heavy atom. The van der Waals surface area contributed by atoms with E-state index >= 15 is 0 Å². The first-order valence-electron chi connectivity index (χ1n) is 6.45. The van der Waals surface area contributed by atoms with Crippen LogP contribution in [-0.2, 0) is 4.79 Å². The van der Waals surface area contributed by atoms with E-state index < -0.39 is 6.10 Å². The van der Waals surface area contributed by atoms with Gasteiger partial charge in [0.15, 0.2) is 0 Å². The minimum Gasteiger partial charge on any atom is -0.388 e. The largest absolute Gasteiger partial charge is 0.388 e. The molecule has 1 aliphatic rings. The first-order valence-corrected chi connectivity index (χ1v) is 6.45. The van der Waals surface area contributed by atoms with Gasteiger partial charge in [0, 0.05) is 12.3 Å². The molecule has 2 aromatic rings. The Labute approximate surface area is 106 Å². The number of carbonyl (C=O) groups excluding carboxylic acids is 1. The second-order valence-corrected chi connectivity index (χ2v) is 5.02. The summed E-state index contributed by atoms with van der Waals surface area (Å²) in [5, 5.41) is 12.6. The molecule has 1 N–H and O–H groups in total. The third-order valence-electron chi connectivity index (χ3n) is 3.85. The number of fused-ring (bicyclic) bond motifs is 1. The van der Waals surface area contributed by atoms with Gasteiger partial charge < -0.3 is 5.11 Å². The fourth-order valence-corrected chi connectivity index (χ4v) is 2.80. The van der Waals surface area contributed by atoms with Crippen LogP contribution in [0.5, 0.6) is 0 Å². The van der Waals surface area contributed by atoms with Crippen LogP contribution in [0.3, 0.4) is 0 Å². The van der Waals surface area contributed by atoms with Crippen LogP contribution in [0.1, 0.15) is 30.9 Å². The molecule has 2 nitrogen and oxygen atoms in total. The second-order valence-electron chi connectivity index (χ2n) is 5.02. The molecule has 92 valence electrons. The van der Waals surface area contributed by atoms with Crippen LogP contribution in [0.25, 0.3) is 10.8 Å². The van der Waals surface area contributed by atoms with E-state index in [2.05, 4.69) is 0 Å². The fourth-order valence-electron chi connectivity index (χ4n) is 2.80. The third-order valence-corrected chi connectivity index (χ3v) is 3.85. The summed E-state index contributed by atoms with van der Waals surface area (Å²) >= 11 is 0. The molecule has 3 rings (SSSR count). The standard InChI is InChI=1S/C16H16O2/c17-15-7-3-6-14(15)16(18)13-9-8-11-4-1-2-5-12(11)10-13/h1-2,4-5,8-10,14,16,18H,3,6-7H2/t14-,16-/m0/s1. The van der Waals surface area contributed by atoms with Crippen molar-refractivity contribution in [1.82, 2.24) is 0 Å². The molecule has 18 heavy (non-hydrogen) atoms. The Kier molecular flexibility index (Phi) is 2.88. The Hall–Kier alpha value is -1.67. The molecule has 0 unspecified atom stereocenters. The van der Waals surface area contributed by atoms with E-state index in [0.717, 1.165) is 29.2 Å². The van der Waals surface area contributed by atoms with Crippen molar-refractivity contribution in [3.05, 3.63) is 48.0 Å². The monoisotopic (exact) mass is 240 g/mol. The number of aliphatic hydroxyl groups excluding tert-OH is 1. The number of ketones is 1. The van der Waals surface area contributed by atoms with Crippen molar-refractivity contribution < 1.29 is 9.90 Å². The van der Waals surface area contributed by atoms with Crippen LogP contribution >= 0.6 is 0 Å². The number of carbonyl (C=O) groups is 1. The zero-order valence-electron chi connectivity index (χ0n) is 10.2. The van der Waals surface area contributed by atoms with E-state index in [1.807, 2.05) is 42.5 Å². The van der Waals surface area contributed by atoms with Gasteiger partial charge >= 0.3 is 0 Å². The molecule has 0 aromatic heterocycles. The second kappa shape index (κ2) is 4.54. The summed E-state index contributed by atoms with van der Waals surface area (Å²) in [4.78, 5) is 11.7. The summed E-state index contributed by atoms with van der Waals surface area (Å²) in [7, 11) is 0. The minimum atomic E-state index is -0.649. The molecule has 0 heterocycles. The maximum Gasteiger partial charge on any atom is 0.138 e. The van der Waals surface area contributed by atoms with E-state index in [1.165, 1.54) is 0 Å². The zero-order valence-corrected chi connectivity index (χ0v) is 10.2. The molecule has 0 bridgehead atoms. The van der Waals surface area contributed by atoms with E-state index in [1.54, 1.807) is 0 Å². The number of rotatable bonds is 2. The van der Waals surface area contributed by atoms with Crippen molar-refractivity contribution in [1.29, 1.82) is 0 Å². The topological polar surface area (TPSA) is 37.3 Å². The van der Waals surface area contributed by atoms with Crippen molar-refractivity contribution in [2.24, 2.45) is 5.92 Å². The molecular formula is C16H16O2.